The first-order valence-electron chi connectivity index (χ1n) is 14.9. The first-order chi connectivity index (χ1) is 17.4. The molecule has 4 N–H and O–H groups in total. The van der Waals surface area contributed by atoms with Gasteiger partial charge in [-0.3, -0.25) is 0 Å². The van der Waals surface area contributed by atoms with E-state index in [4.69, 9.17) is 0 Å². The number of nitrogens with one attached hydrogen (secondary N) is 4. The van der Waals surface area contributed by atoms with Gasteiger partial charge in [0.15, 0.2) is 0 Å². The lowest BCUT2D eigenvalue weighted by molar-refractivity contribution is -0.0548. The molecule has 4 saturated carbocycles. The van der Waals surface area contributed by atoms with Gasteiger partial charge in [0.1, 0.15) is 0 Å². The molecule has 4 atom stereocenters. The van der Waals surface area contributed by atoms with Gasteiger partial charge in [-0.05, 0) is 84.1 Å². The van der Waals surface area contributed by atoms with Gasteiger partial charge in [0, 0.05) is 56.5 Å². The fourth-order valence-corrected chi connectivity index (χ4v) is 13.8. The maximum absolute atomic E-state index is 3.93. The third-order valence-corrected chi connectivity index (χ3v) is 14.9. The minimum absolute atomic E-state index is 0.225. The molecule has 0 radical (unpaired) electrons. The summed E-state index contributed by atoms with van der Waals surface area (Å²) < 4.78 is 0. The van der Waals surface area contributed by atoms with Crippen LogP contribution in [0.15, 0.2) is 24.3 Å². The van der Waals surface area contributed by atoms with E-state index in [0.717, 1.165) is 71.3 Å². The Morgan fingerprint density at radius 3 is 1.92 bits per heavy atom. The second kappa shape index (κ2) is 10.8. The lowest BCUT2D eigenvalue weighted by Gasteiger charge is -2.60. The van der Waals surface area contributed by atoms with Gasteiger partial charge in [-0.25, -0.2) is 0 Å². The third-order valence-electron chi connectivity index (χ3n) is 9.83. The van der Waals surface area contributed by atoms with E-state index < -0.39 is 0 Å². The molecule has 6 fully saturated rings. The van der Waals surface area contributed by atoms with Gasteiger partial charge in [-0.1, -0.05) is 53.0 Å². The van der Waals surface area contributed by atoms with Gasteiger partial charge in [0.25, 0.3) is 0 Å². The molecule has 7 rings (SSSR count). The average Bonchev–Trinajstić information content (AvgIpc) is 2.86. The quantitative estimate of drug-likeness (QED) is 0.356. The van der Waals surface area contributed by atoms with Gasteiger partial charge < -0.3 is 21.3 Å². The zero-order valence-electron chi connectivity index (χ0n) is 22.9. The van der Waals surface area contributed by atoms with Crippen LogP contribution < -0.4 is 21.3 Å². The van der Waals surface area contributed by atoms with Crippen LogP contribution in [-0.4, -0.2) is 56.0 Å². The summed E-state index contributed by atoms with van der Waals surface area (Å²) in [5.41, 5.74) is 4.73. The Bertz CT molecular complexity index is 834. The lowest BCUT2D eigenvalue weighted by atomic mass is 9.48. The number of hydrogen-bond donors (Lipinski definition) is 4. The summed E-state index contributed by atoms with van der Waals surface area (Å²) in [7, 11) is 0.785. The third kappa shape index (κ3) is 5.61. The highest BCUT2D eigenvalue weighted by Gasteiger charge is 2.55. The second-order valence-corrected chi connectivity index (χ2v) is 18.8. The second-order valence-electron chi connectivity index (χ2n) is 13.8. The van der Waals surface area contributed by atoms with E-state index >= 15 is 0 Å². The van der Waals surface area contributed by atoms with E-state index in [1.54, 1.807) is 11.1 Å². The summed E-state index contributed by atoms with van der Waals surface area (Å²) >= 11 is 0. The predicted molar refractivity (Wildman–Crippen MR) is 158 cm³/mol. The van der Waals surface area contributed by atoms with Crippen molar-refractivity contribution in [3.05, 3.63) is 35.4 Å². The van der Waals surface area contributed by atoms with Crippen LogP contribution >= 0.6 is 16.5 Å². The van der Waals surface area contributed by atoms with Gasteiger partial charge in [0.05, 0.1) is 0 Å². The lowest BCUT2D eigenvalue weighted by Crippen LogP contribution is -2.53. The average molecular weight is 529 g/mol. The van der Waals surface area contributed by atoms with Crippen molar-refractivity contribution in [2.24, 2.45) is 23.2 Å². The fourth-order valence-electron chi connectivity index (χ4n) is 8.86. The fraction of sp³-hybridized carbons (Fsp3) is 0.800. The Kier molecular flexibility index (Phi) is 7.87. The van der Waals surface area contributed by atoms with E-state index in [9.17, 15) is 0 Å². The molecule has 2 aliphatic heterocycles. The molecule has 0 spiro atoms. The summed E-state index contributed by atoms with van der Waals surface area (Å²) in [6.45, 7) is 14.2. The van der Waals surface area contributed by atoms with Crippen molar-refractivity contribution in [3.63, 3.8) is 0 Å². The molecule has 0 aromatic heterocycles. The molecule has 6 aliphatic rings. The van der Waals surface area contributed by atoms with E-state index in [2.05, 4.69) is 66.3 Å². The number of hydrogen-bond acceptors (Lipinski definition) is 4. The van der Waals surface area contributed by atoms with E-state index in [0.29, 0.717) is 22.1 Å². The molecule has 200 valence electrons. The molecule has 4 nitrogen and oxygen atoms in total. The topological polar surface area (TPSA) is 48.1 Å². The normalized spacial score (nSPS) is 38.5. The SMILES string of the molecule is CC(C)(C)PC(c1ccccc1CP(C1CNCCN1)C1CNCCN1)C12CC3CC(CC(C3)C1)C2. The van der Waals surface area contributed by atoms with Crippen LogP contribution in [0.2, 0.25) is 0 Å². The highest BCUT2D eigenvalue weighted by molar-refractivity contribution is 7.58. The van der Waals surface area contributed by atoms with Crippen molar-refractivity contribution in [3.8, 4) is 0 Å². The molecule has 4 bridgehead atoms. The maximum atomic E-state index is 3.93. The Labute approximate surface area is 223 Å². The number of rotatable bonds is 7. The van der Waals surface area contributed by atoms with Crippen molar-refractivity contribution >= 4 is 16.5 Å². The highest BCUT2D eigenvalue weighted by atomic mass is 31.1. The number of piperazine rings is 2. The molecule has 6 heteroatoms. The molecule has 2 saturated heterocycles. The van der Waals surface area contributed by atoms with Crippen LogP contribution in [0, 0.1) is 23.2 Å². The molecular formula is C30H50N4P2. The molecule has 4 unspecified atom stereocenters. The molecular weight excluding hydrogens is 478 g/mol. The van der Waals surface area contributed by atoms with Gasteiger partial charge in [-0.15, -0.1) is 8.58 Å². The molecule has 2 heterocycles. The van der Waals surface area contributed by atoms with E-state index in [-0.39, 0.29) is 7.92 Å². The summed E-state index contributed by atoms with van der Waals surface area (Å²) in [6.07, 6.45) is 10.4. The largest absolute Gasteiger partial charge is 0.314 e. The Morgan fingerprint density at radius 1 is 0.861 bits per heavy atom. The predicted octanol–water partition coefficient (Wildman–Crippen LogP) is 5.44. The van der Waals surface area contributed by atoms with Crippen molar-refractivity contribution in [1.29, 1.82) is 0 Å². The molecule has 4 aliphatic carbocycles. The molecule has 0 amide bonds. The van der Waals surface area contributed by atoms with Crippen LogP contribution in [0.5, 0.6) is 0 Å². The summed E-state index contributed by atoms with van der Waals surface area (Å²) in [5, 5.41) is 15.7. The minimum atomic E-state index is -0.225. The summed E-state index contributed by atoms with van der Waals surface area (Å²) in [4.78, 5) is 0. The van der Waals surface area contributed by atoms with Gasteiger partial charge >= 0.3 is 0 Å². The Morgan fingerprint density at radius 2 is 1.42 bits per heavy atom. The maximum Gasteiger partial charge on any atom is 0.0413 e. The van der Waals surface area contributed by atoms with Crippen LogP contribution in [0.4, 0.5) is 0 Å². The smallest absolute Gasteiger partial charge is 0.0413 e. The standard InChI is InChI=1S/C30H50N4P2/c1-29(2,3)35-28(30-15-21-12-22(16-30)14-23(13-21)17-30)25-7-5-4-6-24(25)20-36(26-18-31-8-10-33-26)27-19-32-9-11-34-27/h4-7,21-23,26-28,31-35H,8-20H2,1-3H3. The van der Waals surface area contributed by atoms with Crippen molar-refractivity contribution < 1.29 is 0 Å². The molecule has 1 aromatic carbocycles. The van der Waals surface area contributed by atoms with Crippen molar-refractivity contribution in [2.45, 2.75) is 87.8 Å². The van der Waals surface area contributed by atoms with Crippen LogP contribution in [-0.2, 0) is 6.16 Å². The number of benzene rings is 1. The first kappa shape index (κ1) is 26.2. The minimum Gasteiger partial charge on any atom is -0.314 e. The van der Waals surface area contributed by atoms with Gasteiger partial charge in [-0.2, -0.15) is 0 Å². The van der Waals surface area contributed by atoms with E-state index in [1.807, 2.05) is 0 Å². The van der Waals surface area contributed by atoms with Gasteiger partial charge in [0.2, 0.25) is 0 Å². The van der Waals surface area contributed by atoms with Crippen LogP contribution in [0.3, 0.4) is 0 Å². The Balaban J connectivity index is 1.34. The zero-order valence-corrected chi connectivity index (χ0v) is 24.8. The molecule has 1 aromatic rings. The van der Waals surface area contributed by atoms with Crippen molar-refractivity contribution in [1.82, 2.24) is 21.3 Å². The zero-order chi connectivity index (χ0) is 24.8. The van der Waals surface area contributed by atoms with Crippen molar-refractivity contribution in [2.75, 3.05) is 39.3 Å². The Hall–Kier alpha value is -0.0800. The first-order valence-corrected chi connectivity index (χ1v) is 17.6. The summed E-state index contributed by atoms with van der Waals surface area (Å²) in [5.74, 6) is 4.25. The van der Waals surface area contributed by atoms with Crippen LogP contribution in [0.25, 0.3) is 0 Å². The monoisotopic (exact) mass is 528 g/mol. The van der Waals surface area contributed by atoms with E-state index in [1.165, 1.54) is 44.7 Å². The highest BCUT2D eigenvalue weighted by Crippen LogP contribution is 2.69. The molecule has 36 heavy (non-hydrogen) atoms. The summed E-state index contributed by atoms with van der Waals surface area (Å²) in [6, 6.07) is 9.80. The van der Waals surface area contributed by atoms with Crippen LogP contribution in [0.1, 0.15) is 76.1 Å².